The summed E-state index contributed by atoms with van der Waals surface area (Å²) in [5.74, 6) is 1.02. The predicted molar refractivity (Wildman–Crippen MR) is 85.1 cm³/mol. The third-order valence-corrected chi connectivity index (χ3v) is 3.56. The minimum atomic E-state index is -0.301. The van der Waals surface area contributed by atoms with Crippen molar-refractivity contribution in [3.05, 3.63) is 52.0 Å². The Balaban J connectivity index is 2.22. The van der Waals surface area contributed by atoms with E-state index in [1.165, 1.54) is 12.1 Å². The van der Waals surface area contributed by atoms with Crippen LogP contribution in [0.2, 0.25) is 0 Å². The molecule has 0 unspecified atom stereocenters. The summed E-state index contributed by atoms with van der Waals surface area (Å²) < 4.78 is 19.6. The van der Waals surface area contributed by atoms with Gasteiger partial charge >= 0.3 is 0 Å². The zero-order chi connectivity index (χ0) is 15.2. The van der Waals surface area contributed by atoms with Crippen molar-refractivity contribution in [3.63, 3.8) is 0 Å². The molecule has 1 aromatic carbocycles. The van der Waals surface area contributed by atoms with E-state index in [9.17, 15) is 4.39 Å². The third-order valence-electron chi connectivity index (χ3n) is 2.94. The molecule has 0 radical (unpaired) electrons. The number of aryl methyl sites for hydroxylation is 1. The van der Waals surface area contributed by atoms with Gasteiger partial charge in [0.1, 0.15) is 17.3 Å². The first kappa shape index (κ1) is 15.9. The lowest BCUT2D eigenvalue weighted by Crippen LogP contribution is -2.14. The summed E-state index contributed by atoms with van der Waals surface area (Å²) in [6.07, 6.45) is 2.88. The van der Waals surface area contributed by atoms with Crippen molar-refractivity contribution in [1.82, 2.24) is 10.3 Å². The van der Waals surface area contributed by atoms with E-state index in [-0.39, 0.29) is 5.82 Å². The van der Waals surface area contributed by atoms with Gasteiger partial charge in [0.15, 0.2) is 0 Å². The Labute approximate surface area is 132 Å². The molecule has 0 saturated carbocycles. The van der Waals surface area contributed by atoms with Gasteiger partial charge in [-0.05, 0) is 54.0 Å². The first-order valence-electron chi connectivity index (χ1n) is 6.89. The highest BCUT2D eigenvalue weighted by atomic mass is 79.9. The van der Waals surface area contributed by atoms with Gasteiger partial charge in [-0.15, -0.1) is 0 Å². The lowest BCUT2D eigenvalue weighted by molar-refractivity contribution is 0.466. The number of pyridine rings is 1. The Morgan fingerprint density at radius 2 is 2.10 bits per heavy atom. The van der Waals surface area contributed by atoms with E-state index in [0.717, 1.165) is 30.0 Å². The molecule has 1 heterocycles. The molecule has 1 N–H and O–H groups in total. The highest BCUT2D eigenvalue weighted by Gasteiger charge is 2.09. The van der Waals surface area contributed by atoms with Crippen LogP contribution >= 0.6 is 15.9 Å². The molecule has 0 atom stereocenters. The second-order valence-electron chi connectivity index (χ2n) is 4.79. The van der Waals surface area contributed by atoms with Gasteiger partial charge in [0.25, 0.3) is 0 Å². The van der Waals surface area contributed by atoms with Gasteiger partial charge in [-0.2, -0.15) is 0 Å². The fraction of sp³-hybridized carbons (Fsp3) is 0.312. The summed E-state index contributed by atoms with van der Waals surface area (Å²) in [5.41, 5.74) is 1.85. The van der Waals surface area contributed by atoms with Crippen molar-refractivity contribution in [2.75, 3.05) is 6.54 Å². The van der Waals surface area contributed by atoms with Crippen LogP contribution in [0.3, 0.4) is 0 Å². The molecule has 2 rings (SSSR count). The molecular formula is C16H18BrFN2O. The Kier molecular flexibility index (Phi) is 5.70. The van der Waals surface area contributed by atoms with Crippen LogP contribution < -0.4 is 10.1 Å². The number of nitrogens with one attached hydrogen (secondary N) is 1. The van der Waals surface area contributed by atoms with Gasteiger partial charge in [0.05, 0.1) is 4.47 Å². The average Bonchev–Trinajstić information content (AvgIpc) is 2.44. The molecule has 0 amide bonds. The molecule has 0 spiro atoms. The predicted octanol–water partition coefficient (Wildman–Crippen LogP) is 4.58. The molecule has 1 aromatic heterocycles. The van der Waals surface area contributed by atoms with Crippen molar-refractivity contribution in [1.29, 1.82) is 0 Å². The monoisotopic (exact) mass is 352 g/mol. The van der Waals surface area contributed by atoms with Crippen LogP contribution in [0.1, 0.15) is 24.6 Å². The fourth-order valence-electron chi connectivity index (χ4n) is 1.87. The SMILES string of the molecule is CCCNCc1cnc(C)cc1Oc1ccc(F)cc1Br. The Morgan fingerprint density at radius 3 is 2.81 bits per heavy atom. The number of halogens is 2. The van der Waals surface area contributed by atoms with Gasteiger partial charge in [0.2, 0.25) is 0 Å². The zero-order valence-corrected chi connectivity index (χ0v) is 13.7. The van der Waals surface area contributed by atoms with Gasteiger partial charge in [-0.1, -0.05) is 6.92 Å². The van der Waals surface area contributed by atoms with Crippen LogP contribution in [-0.2, 0) is 6.54 Å². The number of aromatic nitrogens is 1. The molecule has 2 aromatic rings. The van der Waals surface area contributed by atoms with E-state index < -0.39 is 0 Å². The smallest absolute Gasteiger partial charge is 0.141 e. The number of ether oxygens (including phenoxy) is 1. The van der Waals surface area contributed by atoms with Gasteiger partial charge < -0.3 is 10.1 Å². The van der Waals surface area contributed by atoms with Gasteiger partial charge in [0, 0.05) is 30.1 Å². The van der Waals surface area contributed by atoms with Crippen LogP contribution in [0.25, 0.3) is 0 Å². The van der Waals surface area contributed by atoms with E-state index in [1.54, 1.807) is 6.07 Å². The minimum Gasteiger partial charge on any atom is -0.456 e. The van der Waals surface area contributed by atoms with E-state index in [4.69, 9.17) is 4.74 Å². The number of benzene rings is 1. The lowest BCUT2D eigenvalue weighted by atomic mass is 10.2. The normalized spacial score (nSPS) is 10.7. The highest BCUT2D eigenvalue weighted by Crippen LogP contribution is 2.32. The van der Waals surface area contributed by atoms with E-state index in [1.807, 2.05) is 19.2 Å². The maximum absolute atomic E-state index is 13.1. The lowest BCUT2D eigenvalue weighted by Gasteiger charge is -2.13. The van der Waals surface area contributed by atoms with Crippen molar-refractivity contribution < 1.29 is 9.13 Å². The van der Waals surface area contributed by atoms with Gasteiger partial charge in [-0.25, -0.2) is 4.39 Å². The Hall–Kier alpha value is -1.46. The molecule has 21 heavy (non-hydrogen) atoms. The number of hydrogen-bond donors (Lipinski definition) is 1. The molecule has 0 aliphatic rings. The molecular weight excluding hydrogens is 335 g/mol. The van der Waals surface area contributed by atoms with E-state index in [0.29, 0.717) is 16.8 Å². The van der Waals surface area contributed by atoms with Crippen LogP contribution in [0.15, 0.2) is 34.9 Å². The van der Waals surface area contributed by atoms with E-state index in [2.05, 4.69) is 33.2 Å². The molecule has 112 valence electrons. The molecule has 0 aliphatic heterocycles. The van der Waals surface area contributed by atoms with Crippen molar-refractivity contribution >= 4 is 15.9 Å². The van der Waals surface area contributed by atoms with Crippen LogP contribution in [0.5, 0.6) is 11.5 Å². The molecule has 5 heteroatoms. The summed E-state index contributed by atoms with van der Waals surface area (Å²) >= 11 is 3.32. The van der Waals surface area contributed by atoms with Crippen LogP contribution in [0, 0.1) is 12.7 Å². The van der Waals surface area contributed by atoms with Crippen LogP contribution in [0.4, 0.5) is 4.39 Å². The van der Waals surface area contributed by atoms with E-state index >= 15 is 0 Å². The summed E-state index contributed by atoms with van der Waals surface area (Å²) in [4.78, 5) is 4.30. The van der Waals surface area contributed by atoms with Crippen molar-refractivity contribution in [2.45, 2.75) is 26.8 Å². The molecule has 3 nitrogen and oxygen atoms in total. The average molecular weight is 353 g/mol. The van der Waals surface area contributed by atoms with Crippen molar-refractivity contribution in [2.24, 2.45) is 0 Å². The third kappa shape index (κ3) is 4.51. The quantitative estimate of drug-likeness (QED) is 0.772. The topological polar surface area (TPSA) is 34.2 Å². The molecule has 0 fully saturated rings. The standard InChI is InChI=1S/C16H18BrFN2O/c1-3-6-19-9-12-10-20-11(2)7-16(12)21-15-5-4-13(18)8-14(15)17/h4-5,7-8,10,19H,3,6,9H2,1-2H3. The van der Waals surface area contributed by atoms with Crippen LogP contribution in [-0.4, -0.2) is 11.5 Å². The summed E-state index contributed by atoms with van der Waals surface area (Å²) in [6, 6.07) is 6.26. The Bertz CT molecular complexity index is 619. The second-order valence-corrected chi connectivity index (χ2v) is 5.64. The largest absolute Gasteiger partial charge is 0.456 e. The molecule has 0 saturated heterocycles. The molecule has 0 bridgehead atoms. The maximum Gasteiger partial charge on any atom is 0.141 e. The summed E-state index contributed by atoms with van der Waals surface area (Å²) in [7, 11) is 0. The summed E-state index contributed by atoms with van der Waals surface area (Å²) in [6.45, 7) is 5.66. The summed E-state index contributed by atoms with van der Waals surface area (Å²) in [5, 5.41) is 3.33. The zero-order valence-electron chi connectivity index (χ0n) is 12.1. The minimum absolute atomic E-state index is 0.301. The highest BCUT2D eigenvalue weighted by molar-refractivity contribution is 9.10. The fourth-order valence-corrected chi connectivity index (χ4v) is 2.30. The second kappa shape index (κ2) is 7.52. The van der Waals surface area contributed by atoms with Crippen molar-refractivity contribution in [3.8, 4) is 11.5 Å². The number of rotatable bonds is 6. The number of nitrogens with zero attached hydrogens (tertiary/aromatic N) is 1. The van der Waals surface area contributed by atoms with Gasteiger partial charge in [-0.3, -0.25) is 4.98 Å². The molecule has 0 aliphatic carbocycles. The Morgan fingerprint density at radius 1 is 1.29 bits per heavy atom. The number of hydrogen-bond acceptors (Lipinski definition) is 3. The first-order chi connectivity index (χ1) is 10.1. The maximum atomic E-state index is 13.1. The first-order valence-corrected chi connectivity index (χ1v) is 7.68.